The van der Waals surface area contributed by atoms with Gasteiger partial charge in [-0.25, -0.2) is 4.39 Å². The van der Waals surface area contributed by atoms with E-state index >= 15 is 0 Å². The summed E-state index contributed by atoms with van der Waals surface area (Å²) in [6, 6.07) is 4.12. The number of rotatable bonds is 4. The van der Waals surface area contributed by atoms with Crippen LogP contribution in [0.3, 0.4) is 0 Å². The average Bonchev–Trinajstić information content (AvgIpc) is 2.31. The number of anilines is 1. The molecule has 0 fully saturated rings. The molecule has 1 unspecified atom stereocenters. The molecule has 0 aromatic heterocycles. The van der Waals surface area contributed by atoms with Gasteiger partial charge in [0, 0.05) is 11.0 Å². The van der Waals surface area contributed by atoms with E-state index in [2.05, 4.69) is 21.2 Å². The molecule has 0 radical (unpaired) electrons. The van der Waals surface area contributed by atoms with Crippen molar-refractivity contribution in [2.45, 2.75) is 20.3 Å². The van der Waals surface area contributed by atoms with Gasteiger partial charge in [0.05, 0.1) is 11.1 Å². The van der Waals surface area contributed by atoms with Gasteiger partial charge in [-0.2, -0.15) is 0 Å². The van der Waals surface area contributed by atoms with Crippen molar-refractivity contribution >= 4 is 27.5 Å². The van der Waals surface area contributed by atoms with Gasteiger partial charge >= 0.3 is 0 Å². The van der Waals surface area contributed by atoms with Crippen molar-refractivity contribution in [2.75, 3.05) is 11.9 Å². The van der Waals surface area contributed by atoms with E-state index < -0.39 is 5.41 Å². The second-order valence-electron chi connectivity index (χ2n) is 4.20. The number of amides is 1. The third-order valence-corrected chi connectivity index (χ3v) is 3.61. The number of halogens is 2. The zero-order valence-corrected chi connectivity index (χ0v) is 11.5. The molecule has 5 heteroatoms. The Kier molecular flexibility index (Phi) is 4.65. The average molecular weight is 303 g/mol. The first-order chi connectivity index (χ1) is 7.92. The summed E-state index contributed by atoms with van der Waals surface area (Å²) in [5.41, 5.74) is 5.54. The van der Waals surface area contributed by atoms with Gasteiger partial charge in [-0.05, 0) is 47.5 Å². The molecule has 1 aromatic carbocycles. The molecule has 0 heterocycles. The zero-order chi connectivity index (χ0) is 13.1. The summed E-state index contributed by atoms with van der Waals surface area (Å²) in [7, 11) is 0. The van der Waals surface area contributed by atoms with Gasteiger partial charge in [-0.3, -0.25) is 4.79 Å². The molecule has 1 atom stereocenters. The normalized spacial score (nSPS) is 14.2. The Labute approximate surface area is 109 Å². The fraction of sp³-hybridized carbons (Fsp3) is 0.417. The molecule has 3 nitrogen and oxygen atoms in total. The summed E-state index contributed by atoms with van der Waals surface area (Å²) >= 11 is 3.20. The second kappa shape index (κ2) is 5.60. The maximum atomic E-state index is 12.9. The fourth-order valence-corrected chi connectivity index (χ4v) is 1.71. The molecular weight excluding hydrogens is 287 g/mol. The fourth-order valence-electron chi connectivity index (χ4n) is 1.26. The van der Waals surface area contributed by atoms with Gasteiger partial charge in [0.2, 0.25) is 5.91 Å². The molecule has 0 spiro atoms. The number of hydrogen-bond acceptors (Lipinski definition) is 2. The first-order valence-corrected chi connectivity index (χ1v) is 6.19. The Hall–Kier alpha value is -0.940. The molecule has 1 aromatic rings. The molecule has 0 aliphatic carbocycles. The van der Waals surface area contributed by atoms with Gasteiger partial charge in [0.15, 0.2) is 0 Å². The first kappa shape index (κ1) is 14.1. The standard InChI is InChI=1S/C12H16BrFN2O/c1-3-12(2,7-15)11(17)16-10-5-4-8(14)6-9(10)13/h4-6H,3,7,15H2,1-2H3,(H,16,17). The molecule has 3 N–H and O–H groups in total. The van der Waals surface area contributed by atoms with E-state index in [0.29, 0.717) is 16.6 Å². The van der Waals surface area contributed by atoms with Crippen molar-refractivity contribution in [2.24, 2.45) is 11.1 Å². The minimum atomic E-state index is -0.603. The maximum Gasteiger partial charge on any atom is 0.231 e. The van der Waals surface area contributed by atoms with Crippen LogP contribution in [0, 0.1) is 11.2 Å². The monoisotopic (exact) mass is 302 g/mol. The Morgan fingerprint density at radius 2 is 2.24 bits per heavy atom. The van der Waals surface area contributed by atoms with Crippen LogP contribution in [0.15, 0.2) is 22.7 Å². The minimum absolute atomic E-state index is 0.158. The first-order valence-electron chi connectivity index (χ1n) is 5.39. The summed E-state index contributed by atoms with van der Waals surface area (Å²) in [6.07, 6.45) is 0.647. The quantitative estimate of drug-likeness (QED) is 0.898. The van der Waals surface area contributed by atoms with Crippen LogP contribution in [0.25, 0.3) is 0 Å². The highest BCUT2D eigenvalue weighted by Gasteiger charge is 2.29. The van der Waals surface area contributed by atoms with Gasteiger partial charge in [-0.1, -0.05) is 6.92 Å². The van der Waals surface area contributed by atoms with Crippen molar-refractivity contribution in [1.82, 2.24) is 0 Å². The van der Waals surface area contributed by atoms with Gasteiger partial charge in [0.1, 0.15) is 5.82 Å². The van der Waals surface area contributed by atoms with Crippen LogP contribution in [-0.4, -0.2) is 12.5 Å². The Morgan fingerprint density at radius 1 is 1.59 bits per heavy atom. The highest BCUT2D eigenvalue weighted by Crippen LogP contribution is 2.27. The molecule has 0 aliphatic rings. The predicted molar refractivity (Wildman–Crippen MR) is 70.2 cm³/mol. The molecule has 94 valence electrons. The lowest BCUT2D eigenvalue weighted by Gasteiger charge is -2.25. The number of carbonyl (C=O) groups excluding carboxylic acids is 1. The summed E-state index contributed by atoms with van der Waals surface area (Å²) < 4.78 is 13.4. The lowest BCUT2D eigenvalue weighted by molar-refractivity contribution is -0.124. The minimum Gasteiger partial charge on any atom is -0.329 e. The third-order valence-electron chi connectivity index (χ3n) is 2.96. The number of carbonyl (C=O) groups is 1. The van der Waals surface area contributed by atoms with E-state index in [0.717, 1.165) is 0 Å². The summed E-state index contributed by atoms with van der Waals surface area (Å²) in [5, 5.41) is 2.75. The van der Waals surface area contributed by atoms with Crippen LogP contribution in [-0.2, 0) is 4.79 Å². The molecule has 0 aliphatic heterocycles. The van der Waals surface area contributed by atoms with Crippen molar-refractivity contribution in [3.8, 4) is 0 Å². The molecular formula is C12H16BrFN2O. The van der Waals surface area contributed by atoms with Crippen LogP contribution in [0.5, 0.6) is 0 Å². The summed E-state index contributed by atoms with van der Waals surface area (Å²) in [5.74, 6) is -0.512. The summed E-state index contributed by atoms with van der Waals surface area (Å²) in [6.45, 7) is 3.99. The zero-order valence-electron chi connectivity index (χ0n) is 9.89. The van der Waals surface area contributed by atoms with Crippen molar-refractivity contribution < 1.29 is 9.18 Å². The number of benzene rings is 1. The van der Waals surface area contributed by atoms with Gasteiger partial charge in [0.25, 0.3) is 0 Å². The molecule has 17 heavy (non-hydrogen) atoms. The molecule has 0 saturated carbocycles. The summed E-state index contributed by atoms with van der Waals surface area (Å²) in [4.78, 5) is 12.0. The molecule has 1 rings (SSSR count). The van der Waals surface area contributed by atoms with Crippen LogP contribution in [0.1, 0.15) is 20.3 Å². The van der Waals surface area contributed by atoms with Crippen molar-refractivity contribution in [3.63, 3.8) is 0 Å². The lowest BCUT2D eigenvalue weighted by Crippen LogP contribution is -2.39. The van der Waals surface area contributed by atoms with E-state index in [1.807, 2.05) is 6.92 Å². The van der Waals surface area contributed by atoms with E-state index in [-0.39, 0.29) is 18.3 Å². The lowest BCUT2D eigenvalue weighted by atomic mass is 9.86. The van der Waals surface area contributed by atoms with Crippen LogP contribution in [0.4, 0.5) is 10.1 Å². The SMILES string of the molecule is CCC(C)(CN)C(=O)Nc1ccc(F)cc1Br. The third kappa shape index (κ3) is 3.26. The van der Waals surface area contributed by atoms with E-state index in [1.54, 1.807) is 6.92 Å². The number of hydrogen-bond donors (Lipinski definition) is 2. The van der Waals surface area contributed by atoms with E-state index in [1.165, 1.54) is 18.2 Å². The highest BCUT2D eigenvalue weighted by molar-refractivity contribution is 9.10. The molecule has 0 saturated heterocycles. The van der Waals surface area contributed by atoms with E-state index in [4.69, 9.17) is 5.73 Å². The Balaban J connectivity index is 2.88. The number of nitrogens with two attached hydrogens (primary N) is 1. The van der Waals surface area contributed by atoms with Crippen molar-refractivity contribution in [1.29, 1.82) is 0 Å². The van der Waals surface area contributed by atoms with Crippen LogP contribution < -0.4 is 11.1 Å². The Morgan fingerprint density at radius 3 is 2.71 bits per heavy atom. The highest BCUT2D eigenvalue weighted by atomic mass is 79.9. The van der Waals surface area contributed by atoms with Crippen LogP contribution >= 0.6 is 15.9 Å². The molecule has 1 amide bonds. The van der Waals surface area contributed by atoms with E-state index in [9.17, 15) is 9.18 Å². The predicted octanol–water partition coefficient (Wildman–Crippen LogP) is 2.90. The second-order valence-corrected chi connectivity index (χ2v) is 5.05. The Bertz CT molecular complexity index is 419. The number of nitrogens with one attached hydrogen (secondary N) is 1. The largest absolute Gasteiger partial charge is 0.329 e. The van der Waals surface area contributed by atoms with Gasteiger partial charge < -0.3 is 11.1 Å². The van der Waals surface area contributed by atoms with Crippen molar-refractivity contribution in [3.05, 3.63) is 28.5 Å². The van der Waals surface area contributed by atoms with Gasteiger partial charge in [-0.15, -0.1) is 0 Å². The molecule has 0 bridgehead atoms. The topological polar surface area (TPSA) is 55.1 Å². The maximum absolute atomic E-state index is 12.9. The smallest absolute Gasteiger partial charge is 0.231 e. The van der Waals surface area contributed by atoms with Crippen LogP contribution in [0.2, 0.25) is 0 Å².